The highest BCUT2D eigenvalue weighted by Crippen LogP contribution is 2.17. The van der Waals surface area contributed by atoms with Crippen molar-refractivity contribution in [3.63, 3.8) is 0 Å². The highest BCUT2D eigenvalue weighted by atomic mass is 16.3. The summed E-state index contributed by atoms with van der Waals surface area (Å²) in [4.78, 5) is 6.32. The topological polar surface area (TPSA) is 102 Å². The zero-order chi connectivity index (χ0) is 24.1. The molecule has 0 spiro atoms. The first-order chi connectivity index (χ1) is 15.2. The highest BCUT2D eigenvalue weighted by molar-refractivity contribution is 5.80. The summed E-state index contributed by atoms with van der Waals surface area (Å²) in [6.45, 7) is 16.9. The van der Waals surface area contributed by atoms with Gasteiger partial charge < -0.3 is 19.8 Å². The molecule has 3 aliphatic rings. The first-order valence-corrected chi connectivity index (χ1v) is 12.7. The number of nitrogens with one attached hydrogen (secondary N) is 3. The zero-order valence-electron chi connectivity index (χ0n) is 21.4. The Balaban J connectivity index is 0.000000240. The molecule has 0 radical (unpaired) electrons. The summed E-state index contributed by atoms with van der Waals surface area (Å²) in [6.07, 6.45) is 8.25. The molecule has 0 bridgehead atoms. The van der Waals surface area contributed by atoms with E-state index in [0.29, 0.717) is 5.84 Å². The number of rotatable bonds is 2. The van der Waals surface area contributed by atoms with E-state index < -0.39 is 0 Å². The number of nitrogens with zero attached hydrogens (tertiary/aromatic N) is 3. The molecule has 7 heteroatoms. The average molecular weight is 451 g/mol. The second-order valence-electron chi connectivity index (χ2n) is 10.00. The quantitative estimate of drug-likeness (QED) is 0.367. The maximum atomic E-state index is 8.69. The van der Waals surface area contributed by atoms with Crippen LogP contribution in [0.2, 0.25) is 0 Å². The molecule has 0 aromatic heterocycles. The summed E-state index contributed by atoms with van der Waals surface area (Å²) < 4.78 is 0. The van der Waals surface area contributed by atoms with Crippen molar-refractivity contribution in [2.24, 2.45) is 17.8 Å². The molecule has 0 saturated carbocycles. The first-order valence-electron chi connectivity index (χ1n) is 12.7. The minimum absolute atomic E-state index is 0.117. The van der Waals surface area contributed by atoms with Crippen LogP contribution in [0.3, 0.4) is 0 Å². The third kappa shape index (κ3) is 10.8. The molecule has 0 aromatic rings. The normalized spacial score (nSPS) is 20.6. The van der Waals surface area contributed by atoms with Gasteiger partial charge in [-0.15, -0.1) is 0 Å². The molecule has 0 atom stereocenters. The Kier molecular flexibility index (Phi) is 13.5. The Bertz CT molecular complexity index is 523. The van der Waals surface area contributed by atoms with Crippen LogP contribution in [0.5, 0.6) is 0 Å². The van der Waals surface area contributed by atoms with Gasteiger partial charge in [0.2, 0.25) is 0 Å². The fourth-order valence-corrected chi connectivity index (χ4v) is 4.22. The predicted octanol–water partition coefficient (Wildman–Crippen LogP) is 4.51. The summed E-state index contributed by atoms with van der Waals surface area (Å²) >= 11 is 0. The van der Waals surface area contributed by atoms with Crippen molar-refractivity contribution in [3.05, 3.63) is 0 Å². The minimum Gasteiger partial charge on any atom is -0.388 e. The van der Waals surface area contributed by atoms with Crippen LogP contribution in [0.4, 0.5) is 0 Å². The molecule has 3 fully saturated rings. The van der Waals surface area contributed by atoms with E-state index in [0.717, 1.165) is 88.0 Å². The number of likely N-dealkylation sites (tertiary alicyclic amines) is 3. The van der Waals surface area contributed by atoms with Gasteiger partial charge >= 0.3 is 0 Å². The molecule has 0 unspecified atom stereocenters. The SMILES string of the molecule is CC(=N)N1CCC(C)CC1.CC1CCN(C(=N)CO)CC1.CCC(=N)N1CCC(C)CC1. The number of piperidine rings is 3. The Labute approximate surface area is 197 Å². The van der Waals surface area contributed by atoms with Crippen molar-refractivity contribution in [2.45, 2.75) is 79.6 Å². The van der Waals surface area contributed by atoms with Gasteiger partial charge in [-0.2, -0.15) is 0 Å². The first kappa shape index (κ1) is 28.4. The molecular weight excluding hydrogens is 400 g/mol. The standard InChI is InChI=1S/C9H18N2.C8H16N2O.C8H16N2/c1-3-9(10)11-6-4-8(2)5-7-11;1-7-2-4-10(5-3-7)8(9)6-11;1-7-3-5-10(6-4-7)8(2)9/h8,10H,3-7H2,1-2H3;7,9,11H,2-6H2,1H3;7,9H,3-6H2,1-2H3. The lowest BCUT2D eigenvalue weighted by Gasteiger charge is -2.31. The largest absolute Gasteiger partial charge is 0.388 e. The van der Waals surface area contributed by atoms with Crippen LogP contribution in [0.15, 0.2) is 0 Å². The Morgan fingerprint density at radius 2 is 0.969 bits per heavy atom. The predicted molar refractivity (Wildman–Crippen MR) is 136 cm³/mol. The van der Waals surface area contributed by atoms with Crippen LogP contribution < -0.4 is 0 Å². The molecule has 0 aliphatic carbocycles. The van der Waals surface area contributed by atoms with Crippen molar-refractivity contribution < 1.29 is 5.11 Å². The molecule has 4 N–H and O–H groups in total. The van der Waals surface area contributed by atoms with Gasteiger partial charge in [0.1, 0.15) is 12.4 Å². The number of aliphatic hydroxyl groups excluding tert-OH is 1. The van der Waals surface area contributed by atoms with Crippen molar-refractivity contribution in [1.82, 2.24) is 14.7 Å². The maximum absolute atomic E-state index is 8.69. The van der Waals surface area contributed by atoms with Gasteiger partial charge in [-0.05, 0) is 63.2 Å². The smallest absolute Gasteiger partial charge is 0.122 e. The molecule has 0 amide bonds. The van der Waals surface area contributed by atoms with Gasteiger partial charge in [0.25, 0.3) is 0 Å². The van der Waals surface area contributed by atoms with E-state index in [-0.39, 0.29) is 6.61 Å². The second kappa shape index (κ2) is 15.3. The van der Waals surface area contributed by atoms with E-state index >= 15 is 0 Å². The molecule has 0 aromatic carbocycles. The van der Waals surface area contributed by atoms with Crippen LogP contribution in [-0.2, 0) is 0 Å². The molecular formula is C25H50N6O. The second-order valence-corrected chi connectivity index (χ2v) is 10.00. The number of amidine groups is 3. The van der Waals surface area contributed by atoms with E-state index in [1.165, 1.54) is 25.7 Å². The summed E-state index contributed by atoms with van der Waals surface area (Å²) in [7, 11) is 0. The van der Waals surface area contributed by atoms with E-state index in [1.807, 2.05) is 11.8 Å². The fraction of sp³-hybridized carbons (Fsp3) is 0.880. The minimum atomic E-state index is -0.117. The number of aliphatic hydroxyl groups is 1. The molecule has 32 heavy (non-hydrogen) atoms. The number of hydrogen-bond acceptors (Lipinski definition) is 4. The lowest BCUT2D eigenvalue weighted by molar-refractivity contribution is 0.255. The van der Waals surface area contributed by atoms with Crippen molar-refractivity contribution in [2.75, 3.05) is 45.9 Å². The van der Waals surface area contributed by atoms with Gasteiger partial charge in [-0.3, -0.25) is 16.2 Å². The van der Waals surface area contributed by atoms with Crippen LogP contribution in [0.1, 0.15) is 79.6 Å². The Morgan fingerprint density at radius 3 is 1.25 bits per heavy atom. The van der Waals surface area contributed by atoms with E-state index in [9.17, 15) is 0 Å². The van der Waals surface area contributed by atoms with Crippen LogP contribution in [0.25, 0.3) is 0 Å². The maximum Gasteiger partial charge on any atom is 0.122 e. The van der Waals surface area contributed by atoms with Crippen molar-refractivity contribution >= 4 is 17.5 Å². The van der Waals surface area contributed by atoms with Gasteiger partial charge in [0.05, 0.1) is 11.7 Å². The Hall–Kier alpha value is -1.63. The third-order valence-electron chi connectivity index (χ3n) is 7.07. The van der Waals surface area contributed by atoms with E-state index in [4.69, 9.17) is 21.3 Å². The lowest BCUT2D eigenvalue weighted by Crippen LogP contribution is -2.38. The monoisotopic (exact) mass is 450 g/mol. The van der Waals surface area contributed by atoms with Gasteiger partial charge in [-0.25, -0.2) is 0 Å². The molecule has 3 aliphatic heterocycles. The van der Waals surface area contributed by atoms with Crippen LogP contribution in [0, 0.1) is 34.0 Å². The highest BCUT2D eigenvalue weighted by Gasteiger charge is 2.17. The molecule has 3 rings (SSSR count). The summed E-state index contributed by atoms with van der Waals surface area (Å²) in [5.74, 6) is 4.45. The molecule has 3 saturated heterocycles. The third-order valence-corrected chi connectivity index (χ3v) is 7.07. The molecule has 186 valence electrons. The summed E-state index contributed by atoms with van der Waals surface area (Å²) in [6, 6.07) is 0. The van der Waals surface area contributed by atoms with Gasteiger partial charge in [-0.1, -0.05) is 27.7 Å². The van der Waals surface area contributed by atoms with Crippen molar-refractivity contribution in [1.29, 1.82) is 16.2 Å². The fourth-order valence-electron chi connectivity index (χ4n) is 4.22. The van der Waals surface area contributed by atoms with E-state index in [1.54, 1.807) is 0 Å². The van der Waals surface area contributed by atoms with Gasteiger partial charge in [0, 0.05) is 45.7 Å². The van der Waals surface area contributed by atoms with Crippen LogP contribution in [-0.4, -0.2) is 83.2 Å². The van der Waals surface area contributed by atoms with E-state index in [2.05, 4.69) is 37.5 Å². The average Bonchev–Trinajstić information content (AvgIpc) is 2.80. The van der Waals surface area contributed by atoms with Gasteiger partial charge in [0.15, 0.2) is 0 Å². The lowest BCUT2D eigenvalue weighted by atomic mass is 9.99. The summed E-state index contributed by atoms with van der Waals surface area (Å²) in [5, 5.41) is 31.1. The number of hydrogen-bond donors (Lipinski definition) is 4. The van der Waals surface area contributed by atoms with Crippen LogP contribution >= 0.6 is 0 Å². The molecule has 3 heterocycles. The zero-order valence-corrected chi connectivity index (χ0v) is 21.4. The molecule has 7 nitrogen and oxygen atoms in total. The van der Waals surface area contributed by atoms with Crippen molar-refractivity contribution in [3.8, 4) is 0 Å². The Morgan fingerprint density at radius 1 is 0.656 bits per heavy atom. The summed E-state index contributed by atoms with van der Waals surface area (Å²) in [5.41, 5.74) is 0.